The van der Waals surface area contributed by atoms with Crippen molar-refractivity contribution in [2.75, 3.05) is 6.54 Å². The van der Waals surface area contributed by atoms with Gasteiger partial charge in [-0.25, -0.2) is 0 Å². The number of nitrogens with zero attached hydrogens (tertiary/aromatic N) is 1. The van der Waals surface area contributed by atoms with E-state index in [1.54, 1.807) is 18.3 Å². The average molecular weight is 384 g/mol. The Labute approximate surface area is 164 Å². The minimum absolute atomic E-state index is 0.194. The Hall–Kier alpha value is -2.31. The average Bonchev–Trinajstić information content (AvgIpc) is 3.35. The summed E-state index contributed by atoms with van der Waals surface area (Å²) in [5.41, 5.74) is 5.12. The van der Waals surface area contributed by atoms with Crippen LogP contribution in [0.3, 0.4) is 0 Å². The highest BCUT2D eigenvalue weighted by atomic mass is 16.2. The molecule has 5 fully saturated rings. The number of hydrogen-bond acceptors (Lipinski definition) is 3. The standard InChI is InChI=1S/C21H28N4O3/c26-18(16-3-1-5-22-16)23-24-19(27)17-4-2-6-25(17)20(28)21-10-13-7-14(11-21)9-15(8-13)12-21/h1,3,5,13-15,17,22H,2,4,6-12H2,(H,23,26)(H,24,27). The molecule has 150 valence electrons. The number of H-pyrrole nitrogens is 1. The van der Waals surface area contributed by atoms with Gasteiger partial charge in [-0.15, -0.1) is 0 Å². The number of rotatable bonds is 3. The van der Waals surface area contributed by atoms with E-state index in [9.17, 15) is 14.4 Å². The largest absolute Gasteiger partial charge is 0.357 e. The molecule has 5 aliphatic rings. The van der Waals surface area contributed by atoms with E-state index in [0.717, 1.165) is 25.7 Å². The van der Waals surface area contributed by atoms with Crippen LogP contribution in [0.15, 0.2) is 18.3 Å². The highest BCUT2D eigenvalue weighted by Gasteiger charge is 2.56. The molecule has 3 amide bonds. The van der Waals surface area contributed by atoms with E-state index >= 15 is 0 Å². The smallest absolute Gasteiger partial charge is 0.286 e. The SMILES string of the molecule is O=C(NNC(=O)C1CCCN1C(=O)C12CC3CC(CC(C3)C1)C2)c1ccc[nH]1. The Morgan fingerprint density at radius 1 is 1.04 bits per heavy atom. The fourth-order valence-corrected chi connectivity index (χ4v) is 6.70. The number of amides is 3. The molecule has 1 aliphatic heterocycles. The Bertz CT molecular complexity index is 752. The van der Waals surface area contributed by atoms with Gasteiger partial charge in [-0.2, -0.15) is 0 Å². The zero-order valence-electron chi connectivity index (χ0n) is 16.1. The van der Waals surface area contributed by atoms with Crippen molar-refractivity contribution in [3.05, 3.63) is 24.0 Å². The van der Waals surface area contributed by atoms with E-state index in [1.165, 1.54) is 19.3 Å². The molecule has 1 atom stereocenters. The third-order valence-electron chi connectivity index (χ3n) is 7.45. The molecule has 7 heteroatoms. The summed E-state index contributed by atoms with van der Waals surface area (Å²) in [6.45, 7) is 0.642. The fourth-order valence-electron chi connectivity index (χ4n) is 6.70. The van der Waals surface area contributed by atoms with Crippen LogP contribution in [0, 0.1) is 23.2 Å². The van der Waals surface area contributed by atoms with Crippen molar-refractivity contribution in [1.29, 1.82) is 0 Å². The zero-order valence-corrected chi connectivity index (χ0v) is 16.1. The number of hydrazine groups is 1. The maximum atomic E-state index is 13.6. The van der Waals surface area contributed by atoms with E-state index in [4.69, 9.17) is 0 Å². The molecule has 6 rings (SSSR count). The molecule has 1 unspecified atom stereocenters. The van der Waals surface area contributed by atoms with Gasteiger partial charge in [0.1, 0.15) is 11.7 Å². The first-order valence-electron chi connectivity index (χ1n) is 10.6. The quantitative estimate of drug-likeness (QED) is 0.696. The first-order valence-corrected chi connectivity index (χ1v) is 10.6. The lowest BCUT2D eigenvalue weighted by Crippen LogP contribution is -2.58. The lowest BCUT2D eigenvalue weighted by molar-refractivity contribution is -0.160. The predicted octanol–water partition coefficient (Wildman–Crippen LogP) is 1.98. The Morgan fingerprint density at radius 3 is 2.32 bits per heavy atom. The fraction of sp³-hybridized carbons (Fsp3) is 0.667. The summed E-state index contributed by atoms with van der Waals surface area (Å²) in [4.78, 5) is 43.0. The molecule has 3 N–H and O–H groups in total. The van der Waals surface area contributed by atoms with Gasteiger partial charge in [0.25, 0.3) is 11.8 Å². The summed E-state index contributed by atoms with van der Waals surface area (Å²) in [7, 11) is 0. The summed E-state index contributed by atoms with van der Waals surface area (Å²) in [6, 6.07) is 2.88. The first kappa shape index (κ1) is 17.8. The normalized spacial score (nSPS) is 35.8. The van der Waals surface area contributed by atoms with Gasteiger partial charge in [-0.05, 0) is 81.3 Å². The molecular formula is C21H28N4O3. The number of carbonyl (C=O) groups is 3. The second-order valence-corrected chi connectivity index (χ2v) is 9.38. The van der Waals surface area contributed by atoms with Crippen LogP contribution >= 0.6 is 0 Å². The molecule has 1 aromatic rings. The minimum Gasteiger partial charge on any atom is -0.357 e. The van der Waals surface area contributed by atoms with Crippen molar-refractivity contribution in [2.45, 2.75) is 57.4 Å². The van der Waals surface area contributed by atoms with Gasteiger partial charge in [0.15, 0.2) is 0 Å². The number of hydrogen-bond donors (Lipinski definition) is 3. The molecule has 0 radical (unpaired) electrons. The Kier molecular flexibility index (Phi) is 4.21. The van der Waals surface area contributed by atoms with Crippen LogP contribution in [-0.2, 0) is 9.59 Å². The third-order valence-corrected chi connectivity index (χ3v) is 7.45. The van der Waals surface area contributed by atoms with Crippen molar-refractivity contribution in [3.63, 3.8) is 0 Å². The zero-order chi connectivity index (χ0) is 19.3. The number of aromatic amines is 1. The molecule has 1 saturated heterocycles. The summed E-state index contributed by atoms with van der Waals surface area (Å²) < 4.78 is 0. The van der Waals surface area contributed by atoms with E-state index in [-0.39, 0.29) is 17.2 Å². The van der Waals surface area contributed by atoms with Crippen LogP contribution in [-0.4, -0.2) is 40.2 Å². The number of likely N-dealkylation sites (tertiary alicyclic amines) is 1. The molecule has 4 saturated carbocycles. The molecule has 2 heterocycles. The molecule has 4 bridgehead atoms. The molecule has 1 aromatic heterocycles. The van der Waals surface area contributed by atoms with Gasteiger partial charge in [0.2, 0.25) is 5.91 Å². The van der Waals surface area contributed by atoms with Crippen LogP contribution < -0.4 is 10.9 Å². The van der Waals surface area contributed by atoms with Gasteiger partial charge in [-0.1, -0.05) is 0 Å². The molecular weight excluding hydrogens is 356 g/mol. The number of carbonyl (C=O) groups excluding carboxylic acids is 3. The van der Waals surface area contributed by atoms with Crippen LogP contribution in [0.25, 0.3) is 0 Å². The summed E-state index contributed by atoms with van der Waals surface area (Å²) in [5.74, 6) is 1.60. The third kappa shape index (κ3) is 2.91. The molecule has 0 aromatic carbocycles. The van der Waals surface area contributed by atoms with Crippen molar-refractivity contribution in [2.24, 2.45) is 23.2 Å². The predicted molar refractivity (Wildman–Crippen MR) is 102 cm³/mol. The van der Waals surface area contributed by atoms with Crippen LogP contribution in [0.4, 0.5) is 0 Å². The minimum atomic E-state index is -0.482. The monoisotopic (exact) mass is 384 g/mol. The Morgan fingerprint density at radius 2 is 1.71 bits per heavy atom. The van der Waals surface area contributed by atoms with E-state index < -0.39 is 11.9 Å². The topological polar surface area (TPSA) is 94.3 Å². The van der Waals surface area contributed by atoms with Gasteiger partial charge in [-0.3, -0.25) is 25.2 Å². The van der Waals surface area contributed by atoms with Gasteiger partial charge < -0.3 is 9.88 Å². The number of nitrogens with one attached hydrogen (secondary N) is 3. The molecule has 7 nitrogen and oxygen atoms in total. The maximum Gasteiger partial charge on any atom is 0.286 e. The lowest BCUT2D eigenvalue weighted by Gasteiger charge is -2.56. The van der Waals surface area contributed by atoms with Crippen molar-refractivity contribution >= 4 is 17.7 Å². The molecule has 0 spiro atoms. The van der Waals surface area contributed by atoms with E-state index in [1.807, 2.05) is 4.90 Å². The second-order valence-electron chi connectivity index (χ2n) is 9.38. The van der Waals surface area contributed by atoms with Crippen molar-refractivity contribution in [1.82, 2.24) is 20.7 Å². The van der Waals surface area contributed by atoms with Crippen molar-refractivity contribution < 1.29 is 14.4 Å². The maximum absolute atomic E-state index is 13.6. The van der Waals surface area contributed by atoms with Gasteiger partial charge >= 0.3 is 0 Å². The van der Waals surface area contributed by atoms with Crippen LogP contribution in [0.5, 0.6) is 0 Å². The molecule has 4 aliphatic carbocycles. The first-order chi connectivity index (χ1) is 13.5. The van der Waals surface area contributed by atoms with Crippen LogP contribution in [0.1, 0.15) is 61.9 Å². The Balaban J connectivity index is 1.25. The summed E-state index contributed by atoms with van der Waals surface area (Å²) in [6.07, 6.45) is 10.0. The van der Waals surface area contributed by atoms with Gasteiger partial charge in [0, 0.05) is 12.7 Å². The van der Waals surface area contributed by atoms with Crippen molar-refractivity contribution in [3.8, 4) is 0 Å². The van der Waals surface area contributed by atoms with Crippen LogP contribution in [0.2, 0.25) is 0 Å². The number of aromatic nitrogens is 1. The lowest BCUT2D eigenvalue weighted by atomic mass is 9.49. The van der Waals surface area contributed by atoms with E-state index in [2.05, 4.69) is 15.8 Å². The highest BCUT2D eigenvalue weighted by molar-refractivity contribution is 5.95. The second kappa shape index (κ2) is 6.64. The molecule has 28 heavy (non-hydrogen) atoms. The van der Waals surface area contributed by atoms with E-state index in [0.29, 0.717) is 36.4 Å². The van der Waals surface area contributed by atoms with Gasteiger partial charge in [0.05, 0.1) is 5.41 Å². The summed E-state index contributed by atoms with van der Waals surface area (Å²) >= 11 is 0. The summed E-state index contributed by atoms with van der Waals surface area (Å²) in [5, 5.41) is 0. The highest BCUT2D eigenvalue weighted by Crippen LogP contribution is 2.60.